The highest BCUT2D eigenvalue weighted by molar-refractivity contribution is 5.91. The fraction of sp³-hybridized carbons (Fsp3) is 0.533. The van der Waals surface area contributed by atoms with Crippen molar-refractivity contribution in [3.63, 3.8) is 0 Å². The van der Waals surface area contributed by atoms with Crippen LogP contribution >= 0.6 is 0 Å². The van der Waals surface area contributed by atoms with Crippen LogP contribution in [0.2, 0.25) is 0 Å². The number of nitrogens with one attached hydrogen (secondary N) is 2. The topological polar surface area (TPSA) is 41.1 Å². The van der Waals surface area contributed by atoms with Gasteiger partial charge in [-0.25, -0.2) is 0 Å². The van der Waals surface area contributed by atoms with Gasteiger partial charge in [-0.3, -0.25) is 4.79 Å². The number of carbonyl (C=O) groups excluding carboxylic acids is 1. The Kier molecular flexibility index (Phi) is 7.11. The van der Waals surface area contributed by atoms with Crippen molar-refractivity contribution in [2.75, 3.05) is 12.4 Å². The number of carbonyl (C=O) groups is 1. The van der Waals surface area contributed by atoms with Crippen LogP contribution in [0, 0.1) is 0 Å². The maximum Gasteiger partial charge on any atom is 0.224 e. The fourth-order valence-corrected chi connectivity index (χ4v) is 1.91. The van der Waals surface area contributed by atoms with E-state index in [9.17, 15) is 4.79 Å². The molecule has 0 saturated carbocycles. The molecule has 0 aliphatic rings. The molecule has 0 bridgehead atoms. The largest absolute Gasteiger partial charge is 0.326 e. The number of hydrogen-bond donors (Lipinski definition) is 2. The smallest absolute Gasteiger partial charge is 0.224 e. The van der Waals surface area contributed by atoms with Crippen LogP contribution in [0.4, 0.5) is 5.69 Å². The summed E-state index contributed by atoms with van der Waals surface area (Å²) in [6, 6.07) is 7.93. The van der Waals surface area contributed by atoms with Crippen molar-refractivity contribution in [2.45, 2.75) is 45.6 Å². The molecule has 100 valence electrons. The molecule has 1 amide bonds. The molecule has 0 unspecified atom stereocenters. The maximum absolute atomic E-state index is 11.8. The predicted octanol–water partition coefficient (Wildman–Crippen LogP) is 3.31. The van der Waals surface area contributed by atoms with E-state index >= 15 is 0 Å². The summed E-state index contributed by atoms with van der Waals surface area (Å²) in [5.74, 6) is 0.120. The molecular weight excluding hydrogens is 224 g/mol. The van der Waals surface area contributed by atoms with Gasteiger partial charge >= 0.3 is 0 Å². The Bertz CT molecular complexity index is 363. The lowest BCUT2D eigenvalue weighted by molar-refractivity contribution is -0.116. The normalized spacial score (nSPS) is 10.3. The molecule has 0 atom stereocenters. The first-order valence-corrected chi connectivity index (χ1v) is 6.80. The zero-order valence-corrected chi connectivity index (χ0v) is 11.5. The molecule has 3 heteroatoms. The minimum atomic E-state index is 0.120. The summed E-state index contributed by atoms with van der Waals surface area (Å²) in [6.45, 7) is 2.94. The lowest BCUT2D eigenvalue weighted by atomic mass is 10.1. The van der Waals surface area contributed by atoms with Gasteiger partial charge in [-0.05, 0) is 25.1 Å². The lowest BCUT2D eigenvalue weighted by Gasteiger charge is -2.10. The molecule has 0 aliphatic carbocycles. The molecule has 0 fully saturated rings. The summed E-state index contributed by atoms with van der Waals surface area (Å²) in [5.41, 5.74) is 2.05. The Morgan fingerprint density at radius 3 is 2.67 bits per heavy atom. The van der Waals surface area contributed by atoms with Gasteiger partial charge in [-0.1, -0.05) is 44.4 Å². The monoisotopic (exact) mass is 248 g/mol. The summed E-state index contributed by atoms with van der Waals surface area (Å²) in [4.78, 5) is 11.8. The zero-order valence-electron chi connectivity index (χ0n) is 11.5. The van der Waals surface area contributed by atoms with Gasteiger partial charge in [-0.2, -0.15) is 0 Å². The number of amides is 1. The van der Waals surface area contributed by atoms with E-state index in [1.165, 1.54) is 12.8 Å². The summed E-state index contributed by atoms with van der Waals surface area (Å²) >= 11 is 0. The summed E-state index contributed by atoms with van der Waals surface area (Å²) in [6.07, 6.45) is 5.15. The number of para-hydroxylation sites is 1. The quantitative estimate of drug-likeness (QED) is 0.693. The molecule has 1 aromatic rings. The van der Waals surface area contributed by atoms with Crippen molar-refractivity contribution in [1.82, 2.24) is 5.32 Å². The summed E-state index contributed by atoms with van der Waals surface area (Å²) in [5, 5.41) is 6.10. The minimum Gasteiger partial charge on any atom is -0.326 e. The van der Waals surface area contributed by atoms with Crippen LogP contribution in [0.1, 0.15) is 44.6 Å². The van der Waals surface area contributed by atoms with E-state index in [2.05, 4.69) is 17.6 Å². The minimum absolute atomic E-state index is 0.120. The second-order valence-corrected chi connectivity index (χ2v) is 4.55. The van der Waals surface area contributed by atoms with Crippen LogP contribution in [0.3, 0.4) is 0 Å². The van der Waals surface area contributed by atoms with Gasteiger partial charge in [0.2, 0.25) is 5.91 Å². The lowest BCUT2D eigenvalue weighted by Crippen LogP contribution is -2.14. The van der Waals surface area contributed by atoms with E-state index < -0.39 is 0 Å². The predicted molar refractivity (Wildman–Crippen MR) is 76.6 cm³/mol. The average molecular weight is 248 g/mol. The highest BCUT2D eigenvalue weighted by Crippen LogP contribution is 2.15. The Balaban J connectivity index is 2.43. The van der Waals surface area contributed by atoms with E-state index in [1.807, 2.05) is 31.3 Å². The Morgan fingerprint density at radius 2 is 1.94 bits per heavy atom. The maximum atomic E-state index is 11.8. The highest BCUT2D eigenvalue weighted by atomic mass is 16.1. The van der Waals surface area contributed by atoms with Gasteiger partial charge in [0.25, 0.3) is 0 Å². The van der Waals surface area contributed by atoms with Crippen LogP contribution in [-0.4, -0.2) is 13.0 Å². The molecule has 0 aromatic heterocycles. The molecule has 0 radical (unpaired) electrons. The average Bonchev–Trinajstić information content (AvgIpc) is 2.37. The van der Waals surface area contributed by atoms with Crippen molar-refractivity contribution >= 4 is 11.6 Å². The van der Waals surface area contributed by atoms with Crippen LogP contribution < -0.4 is 10.6 Å². The Morgan fingerprint density at radius 1 is 1.17 bits per heavy atom. The first kappa shape index (κ1) is 14.7. The van der Waals surface area contributed by atoms with Gasteiger partial charge in [0.1, 0.15) is 0 Å². The molecule has 18 heavy (non-hydrogen) atoms. The molecule has 3 nitrogen and oxygen atoms in total. The number of benzene rings is 1. The van der Waals surface area contributed by atoms with E-state index in [-0.39, 0.29) is 5.91 Å². The van der Waals surface area contributed by atoms with Crippen LogP contribution in [-0.2, 0) is 11.3 Å². The number of rotatable bonds is 8. The molecule has 0 spiro atoms. The first-order chi connectivity index (χ1) is 8.77. The number of unbranched alkanes of at least 4 members (excludes halogenated alkanes) is 3. The van der Waals surface area contributed by atoms with Crippen molar-refractivity contribution in [3.8, 4) is 0 Å². The molecule has 1 rings (SSSR count). The van der Waals surface area contributed by atoms with Crippen molar-refractivity contribution < 1.29 is 4.79 Å². The van der Waals surface area contributed by atoms with E-state index in [0.29, 0.717) is 6.42 Å². The Labute approximate surface area is 110 Å². The summed E-state index contributed by atoms with van der Waals surface area (Å²) < 4.78 is 0. The van der Waals surface area contributed by atoms with Gasteiger partial charge in [0.15, 0.2) is 0 Å². The van der Waals surface area contributed by atoms with Crippen molar-refractivity contribution in [2.24, 2.45) is 0 Å². The molecule has 1 aromatic carbocycles. The second-order valence-electron chi connectivity index (χ2n) is 4.55. The molecule has 0 saturated heterocycles. The van der Waals surface area contributed by atoms with Gasteiger partial charge in [-0.15, -0.1) is 0 Å². The standard InChI is InChI=1S/C15H24N2O/c1-3-4-5-6-11-15(18)17-14-10-8-7-9-13(14)12-16-2/h7-10,16H,3-6,11-12H2,1-2H3,(H,17,18). The third-order valence-electron chi connectivity index (χ3n) is 2.92. The van der Waals surface area contributed by atoms with E-state index in [1.54, 1.807) is 0 Å². The molecule has 2 N–H and O–H groups in total. The summed E-state index contributed by atoms with van der Waals surface area (Å²) in [7, 11) is 1.91. The number of hydrogen-bond acceptors (Lipinski definition) is 2. The third kappa shape index (κ3) is 5.32. The van der Waals surface area contributed by atoms with Crippen molar-refractivity contribution in [3.05, 3.63) is 29.8 Å². The SMILES string of the molecule is CCCCCCC(=O)Nc1ccccc1CNC. The van der Waals surface area contributed by atoms with Crippen LogP contribution in [0.25, 0.3) is 0 Å². The fourth-order valence-electron chi connectivity index (χ4n) is 1.91. The van der Waals surface area contributed by atoms with Crippen LogP contribution in [0.15, 0.2) is 24.3 Å². The third-order valence-corrected chi connectivity index (χ3v) is 2.92. The second kappa shape index (κ2) is 8.70. The zero-order chi connectivity index (χ0) is 13.2. The van der Waals surface area contributed by atoms with Gasteiger partial charge in [0.05, 0.1) is 0 Å². The highest BCUT2D eigenvalue weighted by Gasteiger charge is 2.05. The van der Waals surface area contributed by atoms with E-state index in [0.717, 1.165) is 30.6 Å². The van der Waals surface area contributed by atoms with E-state index in [4.69, 9.17) is 0 Å². The molecule has 0 aliphatic heterocycles. The van der Waals surface area contributed by atoms with Gasteiger partial charge < -0.3 is 10.6 Å². The van der Waals surface area contributed by atoms with Gasteiger partial charge in [0, 0.05) is 18.7 Å². The van der Waals surface area contributed by atoms with Crippen molar-refractivity contribution in [1.29, 1.82) is 0 Å². The van der Waals surface area contributed by atoms with Crippen LogP contribution in [0.5, 0.6) is 0 Å². The number of anilines is 1. The Hall–Kier alpha value is -1.35. The molecule has 0 heterocycles. The molecular formula is C15H24N2O. The first-order valence-electron chi connectivity index (χ1n) is 6.80.